The summed E-state index contributed by atoms with van der Waals surface area (Å²) in [5.74, 6) is 0.450. The van der Waals surface area contributed by atoms with E-state index in [0.29, 0.717) is 12.0 Å². The lowest BCUT2D eigenvalue weighted by Gasteiger charge is -2.33. The van der Waals surface area contributed by atoms with Crippen LogP contribution >= 0.6 is 0 Å². The third-order valence-corrected chi connectivity index (χ3v) is 4.05. The van der Waals surface area contributed by atoms with E-state index in [0.717, 1.165) is 32.4 Å². The monoisotopic (exact) mass is 213 g/mol. The number of rotatable bonds is 3. The van der Waals surface area contributed by atoms with E-state index < -0.39 is 0 Å². The molecule has 2 fully saturated rings. The minimum atomic E-state index is -0.0984. The van der Waals surface area contributed by atoms with Crippen LogP contribution in [0.25, 0.3) is 0 Å². The van der Waals surface area contributed by atoms with Gasteiger partial charge in [-0.2, -0.15) is 0 Å². The molecule has 1 heterocycles. The summed E-state index contributed by atoms with van der Waals surface area (Å²) in [6.45, 7) is 2.38. The molecule has 2 N–H and O–H groups in total. The van der Waals surface area contributed by atoms with Crippen molar-refractivity contribution >= 4 is 0 Å². The Morgan fingerprint density at radius 2 is 1.87 bits per heavy atom. The maximum atomic E-state index is 9.90. The zero-order valence-electron chi connectivity index (χ0n) is 9.44. The number of likely N-dealkylation sites (tertiary alicyclic amines) is 1. The highest BCUT2D eigenvalue weighted by atomic mass is 16.3. The van der Waals surface area contributed by atoms with Gasteiger partial charge in [-0.05, 0) is 38.1 Å². The Bertz CT molecular complexity index is 198. The molecule has 0 aromatic carbocycles. The number of hydrogen-bond donors (Lipinski definition) is 2. The predicted molar refractivity (Wildman–Crippen MR) is 59.6 cm³/mol. The van der Waals surface area contributed by atoms with Gasteiger partial charge < -0.3 is 10.2 Å². The van der Waals surface area contributed by atoms with E-state index in [-0.39, 0.29) is 12.7 Å². The van der Waals surface area contributed by atoms with E-state index >= 15 is 0 Å². The number of nitrogens with zero attached hydrogens (tertiary/aromatic N) is 1. The molecule has 88 valence electrons. The van der Waals surface area contributed by atoms with Gasteiger partial charge in [-0.25, -0.2) is 0 Å². The van der Waals surface area contributed by atoms with Crippen molar-refractivity contribution in [3.8, 4) is 0 Å². The van der Waals surface area contributed by atoms with Gasteiger partial charge in [-0.15, -0.1) is 0 Å². The zero-order chi connectivity index (χ0) is 10.7. The summed E-state index contributed by atoms with van der Waals surface area (Å²) >= 11 is 0. The van der Waals surface area contributed by atoms with Crippen LogP contribution in [0.3, 0.4) is 0 Å². The lowest BCUT2D eigenvalue weighted by molar-refractivity contribution is 0.0373. The van der Waals surface area contributed by atoms with Crippen molar-refractivity contribution in [3.63, 3.8) is 0 Å². The van der Waals surface area contributed by atoms with Crippen molar-refractivity contribution in [2.75, 3.05) is 19.7 Å². The normalized spacial score (nSPS) is 38.4. The predicted octanol–water partition coefficient (Wildman–Crippen LogP) is 0.994. The lowest BCUT2D eigenvalue weighted by Crippen LogP contribution is -2.40. The Morgan fingerprint density at radius 3 is 2.60 bits per heavy atom. The molecule has 3 heteroatoms. The number of hydrogen-bond acceptors (Lipinski definition) is 3. The van der Waals surface area contributed by atoms with Crippen molar-refractivity contribution in [3.05, 3.63) is 0 Å². The van der Waals surface area contributed by atoms with Crippen LogP contribution in [0.1, 0.15) is 38.5 Å². The van der Waals surface area contributed by atoms with Gasteiger partial charge in [0.2, 0.25) is 0 Å². The van der Waals surface area contributed by atoms with Crippen LogP contribution in [0, 0.1) is 5.92 Å². The fourth-order valence-corrected chi connectivity index (χ4v) is 3.04. The summed E-state index contributed by atoms with van der Waals surface area (Å²) in [7, 11) is 0. The topological polar surface area (TPSA) is 43.7 Å². The molecular weight excluding hydrogens is 190 g/mol. The van der Waals surface area contributed by atoms with E-state index in [9.17, 15) is 10.2 Å². The highest BCUT2D eigenvalue weighted by Gasteiger charge is 2.30. The van der Waals surface area contributed by atoms with Gasteiger partial charge in [0.1, 0.15) is 0 Å². The van der Waals surface area contributed by atoms with E-state index in [1.54, 1.807) is 0 Å². The lowest BCUT2D eigenvalue weighted by atomic mass is 9.86. The van der Waals surface area contributed by atoms with Crippen molar-refractivity contribution in [1.82, 2.24) is 4.90 Å². The maximum Gasteiger partial charge on any atom is 0.0586 e. The molecule has 15 heavy (non-hydrogen) atoms. The minimum Gasteiger partial charge on any atom is -0.395 e. The van der Waals surface area contributed by atoms with Gasteiger partial charge in [0.25, 0.3) is 0 Å². The summed E-state index contributed by atoms with van der Waals surface area (Å²) in [6.07, 6.45) is 6.81. The molecule has 2 aliphatic rings. The first-order valence-corrected chi connectivity index (χ1v) is 6.34. The van der Waals surface area contributed by atoms with Crippen molar-refractivity contribution < 1.29 is 10.2 Å². The summed E-state index contributed by atoms with van der Waals surface area (Å²) in [4.78, 5) is 2.37. The molecule has 0 amide bonds. The van der Waals surface area contributed by atoms with Crippen LogP contribution in [0.5, 0.6) is 0 Å². The molecule has 0 radical (unpaired) electrons. The third-order valence-electron chi connectivity index (χ3n) is 4.05. The molecule has 3 unspecified atom stereocenters. The Morgan fingerprint density at radius 1 is 1.07 bits per heavy atom. The Balaban J connectivity index is 1.84. The van der Waals surface area contributed by atoms with E-state index in [4.69, 9.17) is 0 Å². The van der Waals surface area contributed by atoms with Crippen LogP contribution in [-0.2, 0) is 0 Å². The zero-order valence-corrected chi connectivity index (χ0v) is 9.44. The average Bonchev–Trinajstić information content (AvgIpc) is 2.69. The SMILES string of the molecule is OCC1CCCN1CC1CCCCC1O. The second-order valence-electron chi connectivity index (χ2n) is 5.09. The van der Waals surface area contributed by atoms with Crippen LogP contribution in [0.4, 0.5) is 0 Å². The second-order valence-corrected chi connectivity index (χ2v) is 5.09. The van der Waals surface area contributed by atoms with Crippen molar-refractivity contribution in [2.45, 2.75) is 50.7 Å². The summed E-state index contributed by atoms with van der Waals surface area (Å²) in [5, 5.41) is 19.1. The first-order valence-electron chi connectivity index (χ1n) is 6.34. The summed E-state index contributed by atoms with van der Waals surface area (Å²) in [6, 6.07) is 0.360. The molecule has 0 aromatic rings. The highest BCUT2D eigenvalue weighted by molar-refractivity contribution is 4.84. The van der Waals surface area contributed by atoms with Gasteiger partial charge in [0.05, 0.1) is 12.7 Å². The number of aliphatic hydroxyl groups excluding tert-OH is 2. The van der Waals surface area contributed by atoms with Crippen LogP contribution in [0.2, 0.25) is 0 Å². The van der Waals surface area contributed by atoms with Gasteiger partial charge in [-0.1, -0.05) is 12.8 Å². The van der Waals surface area contributed by atoms with Crippen LogP contribution in [-0.4, -0.2) is 47.0 Å². The minimum absolute atomic E-state index is 0.0984. The molecule has 3 nitrogen and oxygen atoms in total. The van der Waals surface area contributed by atoms with Gasteiger partial charge in [-0.3, -0.25) is 4.90 Å². The molecule has 2 rings (SSSR count). The first kappa shape index (κ1) is 11.4. The molecule has 0 aromatic heterocycles. The third kappa shape index (κ3) is 2.71. The quantitative estimate of drug-likeness (QED) is 0.735. The molecule has 0 spiro atoms. The van der Waals surface area contributed by atoms with Crippen LogP contribution < -0.4 is 0 Å². The van der Waals surface area contributed by atoms with Crippen molar-refractivity contribution in [2.24, 2.45) is 5.92 Å². The molecule has 1 aliphatic heterocycles. The van der Waals surface area contributed by atoms with E-state index in [1.807, 2.05) is 0 Å². The maximum absolute atomic E-state index is 9.90. The van der Waals surface area contributed by atoms with Crippen molar-refractivity contribution in [1.29, 1.82) is 0 Å². The van der Waals surface area contributed by atoms with Gasteiger partial charge >= 0.3 is 0 Å². The second kappa shape index (κ2) is 5.28. The Kier molecular flexibility index (Phi) is 4.00. The van der Waals surface area contributed by atoms with Crippen LogP contribution in [0.15, 0.2) is 0 Å². The standard InChI is InChI=1S/C12H23NO2/c14-9-11-5-3-7-13(11)8-10-4-1-2-6-12(10)15/h10-12,14-15H,1-9H2. The first-order chi connectivity index (χ1) is 7.31. The molecular formula is C12H23NO2. The molecule has 0 bridgehead atoms. The molecule has 1 aliphatic carbocycles. The summed E-state index contributed by atoms with van der Waals surface area (Å²) in [5.41, 5.74) is 0. The van der Waals surface area contributed by atoms with Gasteiger partial charge in [0, 0.05) is 12.6 Å². The summed E-state index contributed by atoms with van der Waals surface area (Å²) < 4.78 is 0. The highest BCUT2D eigenvalue weighted by Crippen LogP contribution is 2.27. The molecule has 1 saturated carbocycles. The average molecular weight is 213 g/mol. The largest absolute Gasteiger partial charge is 0.395 e. The molecule has 1 saturated heterocycles. The Labute approximate surface area is 92.1 Å². The van der Waals surface area contributed by atoms with E-state index in [1.165, 1.54) is 19.3 Å². The fraction of sp³-hybridized carbons (Fsp3) is 1.00. The van der Waals surface area contributed by atoms with Gasteiger partial charge in [0.15, 0.2) is 0 Å². The molecule has 3 atom stereocenters. The Hall–Kier alpha value is -0.120. The van der Waals surface area contributed by atoms with E-state index in [2.05, 4.69) is 4.90 Å². The fourth-order valence-electron chi connectivity index (χ4n) is 3.04. The number of aliphatic hydroxyl groups is 2. The smallest absolute Gasteiger partial charge is 0.0586 e.